The van der Waals surface area contributed by atoms with Crippen LogP contribution in [0.5, 0.6) is 5.19 Å². The van der Waals surface area contributed by atoms with Crippen molar-refractivity contribution in [1.82, 2.24) is 15.5 Å². The predicted molar refractivity (Wildman–Crippen MR) is 63.9 cm³/mol. The van der Waals surface area contributed by atoms with E-state index in [9.17, 15) is 0 Å². The minimum atomic E-state index is 0.0861. The van der Waals surface area contributed by atoms with Crippen LogP contribution in [-0.2, 0) is 11.3 Å². The average molecular weight is 245 g/mol. The first-order valence-electron chi connectivity index (χ1n) is 5.20. The van der Waals surface area contributed by atoms with Crippen LogP contribution in [0.4, 0.5) is 0 Å². The highest BCUT2D eigenvalue weighted by Crippen LogP contribution is 2.18. The Morgan fingerprint density at radius 2 is 2.00 bits per heavy atom. The molecule has 0 bridgehead atoms. The third-order valence-electron chi connectivity index (χ3n) is 1.73. The number of ether oxygens (including phenoxy) is 2. The van der Waals surface area contributed by atoms with Gasteiger partial charge < -0.3 is 14.8 Å². The van der Waals surface area contributed by atoms with Gasteiger partial charge in [0, 0.05) is 12.6 Å². The van der Waals surface area contributed by atoms with Crippen LogP contribution in [0.3, 0.4) is 0 Å². The molecular weight excluding hydrogens is 226 g/mol. The first-order valence-corrected chi connectivity index (χ1v) is 6.02. The van der Waals surface area contributed by atoms with E-state index >= 15 is 0 Å². The Balaban J connectivity index is 2.33. The highest BCUT2D eigenvalue weighted by molar-refractivity contribution is 7.13. The Bertz CT molecular complexity index is 309. The molecular formula is C10H19N3O2S. The van der Waals surface area contributed by atoms with Gasteiger partial charge in [0.15, 0.2) is 0 Å². The van der Waals surface area contributed by atoms with E-state index < -0.39 is 0 Å². The van der Waals surface area contributed by atoms with Gasteiger partial charge in [0.2, 0.25) is 0 Å². The van der Waals surface area contributed by atoms with E-state index in [0.29, 0.717) is 18.4 Å². The van der Waals surface area contributed by atoms with Crippen LogP contribution in [0.1, 0.15) is 25.8 Å². The van der Waals surface area contributed by atoms with E-state index in [-0.39, 0.29) is 5.54 Å². The molecule has 0 unspecified atom stereocenters. The highest BCUT2D eigenvalue weighted by Gasteiger charge is 2.11. The fraction of sp³-hybridized carbons (Fsp3) is 0.800. The molecule has 1 aromatic heterocycles. The molecule has 1 rings (SSSR count). The SMILES string of the molecule is COCCOc1nnc(CNC(C)(C)C)s1. The molecule has 0 atom stereocenters. The van der Waals surface area contributed by atoms with Crippen LogP contribution in [0, 0.1) is 0 Å². The summed E-state index contributed by atoms with van der Waals surface area (Å²) in [5.41, 5.74) is 0.0861. The second kappa shape index (κ2) is 6.12. The smallest absolute Gasteiger partial charge is 0.294 e. The quantitative estimate of drug-likeness (QED) is 0.769. The Kier molecular flexibility index (Phi) is 5.11. The molecule has 0 aliphatic carbocycles. The molecule has 92 valence electrons. The van der Waals surface area contributed by atoms with Gasteiger partial charge in [0.05, 0.1) is 13.2 Å². The Labute approximate surface area is 100 Å². The van der Waals surface area contributed by atoms with E-state index in [1.165, 1.54) is 11.3 Å². The molecule has 0 radical (unpaired) electrons. The predicted octanol–water partition coefficient (Wildman–Crippen LogP) is 1.45. The molecule has 16 heavy (non-hydrogen) atoms. The molecule has 5 nitrogen and oxygen atoms in total. The summed E-state index contributed by atoms with van der Waals surface area (Å²) in [4.78, 5) is 0. The van der Waals surface area contributed by atoms with E-state index in [0.717, 1.165) is 11.6 Å². The summed E-state index contributed by atoms with van der Waals surface area (Å²) in [5, 5.41) is 12.9. The van der Waals surface area contributed by atoms with Crippen molar-refractivity contribution in [2.75, 3.05) is 20.3 Å². The van der Waals surface area contributed by atoms with Crippen LogP contribution < -0.4 is 10.1 Å². The lowest BCUT2D eigenvalue weighted by molar-refractivity contribution is 0.145. The van der Waals surface area contributed by atoms with Crippen molar-refractivity contribution in [2.24, 2.45) is 0 Å². The Morgan fingerprint density at radius 3 is 2.62 bits per heavy atom. The largest absolute Gasteiger partial charge is 0.466 e. The first kappa shape index (κ1) is 13.3. The van der Waals surface area contributed by atoms with Gasteiger partial charge in [-0.3, -0.25) is 0 Å². The van der Waals surface area contributed by atoms with Crippen LogP contribution in [0.15, 0.2) is 0 Å². The van der Waals surface area contributed by atoms with Crippen LogP contribution in [0.25, 0.3) is 0 Å². The van der Waals surface area contributed by atoms with Gasteiger partial charge in [-0.05, 0) is 20.8 Å². The molecule has 1 aromatic rings. The standard InChI is InChI=1S/C10H19N3O2S/c1-10(2,3)11-7-8-12-13-9(16-8)15-6-5-14-4/h11H,5-7H2,1-4H3. The Hall–Kier alpha value is -0.720. The summed E-state index contributed by atoms with van der Waals surface area (Å²) in [5.74, 6) is 0. The molecule has 1 N–H and O–H groups in total. The zero-order chi connectivity index (χ0) is 12.0. The number of nitrogens with one attached hydrogen (secondary N) is 1. The van der Waals surface area contributed by atoms with Gasteiger partial charge in [0.25, 0.3) is 5.19 Å². The fourth-order valence-corrected chi connectivity index (χ4v) is 1.57. The van der Waals surface area contributed by atoms with Crippen molar-refractivity contribution >= 4 is 11.3 Å². The van der Waals surface area contributed by atoms with Crippen molar-refractivity contribution in [3.8, 4) is 5.19 Å². The maximum absolute atomic E-state index is 5.35. The van der Waals surface area contributed by atoms with Crippen molar-refractivity contribution in [2.45, 2.75) is 32.9 Å². The van der Waals surface area contributed by atoms with Crippen molar-refractivity contribution in [3.63, 3.8) is 0 Å². The molecule has 0 aromatic carbocycles. The summed E-state index contributed by atoms with van der Waals surface area (Å²) in [6.45, 7) is 8.14. The second-order valence-electron chi connectivity index (χ2n) is 4.41. The molecule has 1 heterocycles. The fourth-order valence-electron chi connectivity index (χ4n) is 0.921. The summed E-state index contributed by atoms with van der Waals surface area (Å²) >= 11 is 1.46. The number of hydrogen-bond donors (Lipinski definition) is 1. The average Bonchev–Trinajstić information content (AvgIpc) is 2.62. The Morgan fingerprint density at radius 1 is 1.25 bits per heavy atom. The van der Waals surface area contributed by atoms with Crippen LogP contribution >= 0.6 is 11.3 Å². The van der Waals surface area contributed by atoms with Crippen LogP contribution in [0.2, 0.25) is 0 Å². The summed E-state index contributed by atoms with van der Waals surface area (Å²) in [6, 6.07) is 0. The molecule has 0 aliphatic rings. The maximum Gasteiger partial charge on any atom is 0.294 e. The normalized spacial score (nSPS) is 11.8. The molecule has 0 spiro atoms. The van der Waals surface area contributed by atoms with Gasteiger partial charge >= 0.3 is 0 Å². The lowest BCUT2D eigenvalue weighted by atomic mass is 10.1. The lowest BCUT2D eigenvalue weighted by Crippen LogP contribution is -2.35. The third kappa shape index (κ3) is 5.39. The van der Waals surface area contributed by atoms with E-state index in [4.69, 9.17) is 9.47 Å². The van der Waals surface area contributed by atoms with Gasteiger partial charge in [-0.25, -0.2) is 0 Å². The zero-order valence-electron chi connectivity index (χ0n) is 10.2. The number of hydrogen-bond acceptors (Lipinski definition) is 6. The van der Waals surface area contributed by atoms with Gasteiger partial charge in [-0.15, -0.1) is 10.2 Å². The topological polar surface area (TPSA) is 56.3 Å². The number of aromatic nitrogens is 2. The molecule has 0 aliphatic heterocycles. The minimum Gasteiger partial charge on any atom is -0.466 e. The number of methoxy groups -OCH3 is 1. The molecule has 0 amide bonds. The molecule has 0 fully saturated rings. The summed E-state index contributed by atoms with van der Waals surface area (Å²) in [7, 11) is 1.64. The van der Waals surface area contributed by atoms with Gasteiger partial charge in [-0.1, -0.05) is 11.3 Å². The minimum absolute atomic E-state index is 0.0861. The summed E-state index contributed by atoms with van der Waals surface area (Å²) in [6.07, 6.45) is 0. The number of rotatable bonds is 6. The van der Waals surface area contributed by atoms with Crippen molar-refractivity contribution in [1.29, 1.82) is 0 Å². The molecule has 0 saturated carbocycles. The molecule has 6 heteroatoms. The lowest BCUT2D eigenvalue weighted by Gasteiger charge is -2.19. The van der Waals surface area contributed by atoms with E-state index in [1.54, 1.807) is 7.11 Å². The van der Waals surface area contributed by atoms with Crippen molar-refractivity contribution < 1.29 is 9.47 Å². The van der Waals surface area contributed by atoms with Gasteiger partial charge in [-0.2, -0.15) is 0 Å². The molecule has 0 saturated heterocycles. The second-order valence-corrected chi connectivity index (χ2v) is 5.43. The maximum atomic E-state index is 5.35. The number of nitrogens with zero attached hydrogens (tertiary/aromatic N) is 2. The van der Waals surface area contributed by atoms with Crippen LogP contribution in [-0.4, -0.2) is 36.1 Å². The highest BCUT2D eigenvalue weighted by atomic mass is 32.1. The third-order valence-corrected chi connectivity index (χ3v) is 2.57. The monoisotopic (exact) mass is 245 g/mol. The first-order chi connectivity index (χ1) is 7.51. The van der Waals surface area contributed by atoms with E-state index in [2.05, 4.69) is 36.3 Å². The summed E-state index contributed by atoms with van der Waals surface area (Å²) < 4.78 is 10.2. The van der Waals surface area contributed by atoms with E-state index in [1.807, 2.05) is 0 Å². The zero-order valence-corrected chi connectivity index (χ0v) is 11.1. The van der Waals surface area contributed by atoms with Gasteiger partial charge in [0.1, 0.15) is 11.6 Å². The van der Waals surface area contributed by atoms with Crippen molar-refractivity contribution in [3.05, 3.63) is 5.01 Å².